The Bertz CT molecular complexity index is 177. The lowest BCUT2D eigenvalue weighted by Gasteiger charge is -2.33. The van der Waals surface area contributed by atoms with Crippen molar-refractivity contribution in [3.8, 4) is 0 Å². The Hall–Kier alpha value is -0.990. The highest BCUT2D eigenvalue weighted by Gasteiger charge is 2.21. The van der Waals surface area contributed by atoms with Crippen molar-refractivity contribution in [2.24, 2.45) is 10.8 Å². The van der Waals surface area contributed by atoms with Crippen LogP contribution in [0, 0.1) is 0 Å². The van der Waals surface area contributed by atoms with Gasteiger partial charge in [-0.15, -0.1) is 0 Å². The lowest BCUT2D eigenvalue weighted by Crippen LogP contribution is -2.36. The first-order valence-electron chi connectivity index (χ1n) is 4.15. The van der Waals surface area contributed by atoms with Crippen LogP contribution in [0.1, 0.15) is 34.1 Å². The fourth-order valence-electron chi connectivity index (χ4n) is 1.07. The summed E-state index contributed by atoms with van der Waals surface area (Å²) in [5.41, 5.74) is 6.41. The van der Waals surface area contributed by atoms with Crippen molar-refractivity contribution < 1.29 is 0 Å². The molecule has 2 N–H and O–H groups in total. The average Bonchev–Trinajstić information content (AvgIpc) is 1.97. The Morgan fingerprint density at radius 3 is 2.17 bits per heavy atom. The molecule has 0 aliphatic carbocycles. The predicted octanol–water partition coefficient (Wildman–Crippen LogP) is 1.91. The summed E-state index contributed by atoms with van der Waals surface area (Å²) in [5.74, 6) is 0. The molecule has 0 amide bonds. The van der Waals surface area contributed by atoms with Gasteiger partial charge >= 0.3 is 0 Å². The van der Waals surface area contributed by atoms with Crippen LogP contribution in [0.25, 0.3) is 0 Å². The number of hydrazone groups is 1. The third kappa shape index (κ3) is 2.57. The van der Waals surface area contributed by atoms with E-state index in [2.05, 4.69) is 32.6 Å². The quantitative estimate of drug-likeness (QED) is 0.518. The zero-order valence-corrected chi connectivity index (χ0v) is 8.46. The highest BCUT2D eigenvalue weighted by atomic mass is 15.5. The molecule has 0 atom stereocenters. The van der Waals surface area contributed by atoms with Crippen LogP contribution >= 0.6 is 0 Å². The summed E-state index contributed by atoms with van der Waals surface area (Å²) in [6, 6.07) is 0. The van der Waals surface area contributed by atoms with E-state index in [1.54, 1.807) is 6.20 Å². The molecule has 0 saturated carbocycles. The number of rotatable bonds is 3. The second-order valence-corrected chi connectivity index (χ2v) is 3.64. The van der Waals surface area contributed by atoms with E-state index in [0.717, 1.165) is 12.1 Å². The summed E-state index contributed by atoms with van der Waals surface area (Å²) in [6.07, 6.45) is 2.45. The number of hydrogen-bond acceptors (Lipinski definition) is 3. The molecule has 70 valence electrons. The molecule has 0 bridgehead atoms. The average molecular weight is 169 g/mol. The number of hydrogen-bond donors (Lipinski definition) is 1. The first kappa shape index (κ1) is 11.0. The summed E-state index contributed by atoms with van der Waals surface area (Å²) in [6.45, 7) is 11.8. The second-order valence-electron chi connectivity index (χ2n) is 3.64. The van der Waals surface area contributed by atoms with Crippen LogP contribution in [0.2, 0.25) is 0 Å². The van der Waals surface area contributed by atoms with Gasteiger partial charge in [0.1, 0.15) is 0 Å². The molecule has 3 nitrogen and oxygen atoms in total. The maximum atomic E-state index is 5.46. The molecule has 0 fully saturated rings. The van der Waals surface area contributed by atoms with Crippen molar-refractivity contribution in [3.63, 3.8) is 0 Å². The van der Waals surface area contributed by atoms with Gasteiger partial charge in [-0.2, -0.15) is 5.10 Å². The molecule has 0 rings (SSSR count). The van der Waals surface area contributed by atoms with Crippen molar-refractivity contribution in [2.75, 3.05) is 0 Å². The maximum Gasteiger partial charge on any atom is 0.0547 e. The van der Waals surface area contributed by atoms with Crippen LogP contribution in [-0.4, -0.2) is 17.3 Å². The Kier molecular flexibility index (Phi) is 3.80. The van der Waals surface area contributed by atoms with Gasteiger partial charge in [0.05, 0.1) is 11.2 Å². The molecule has 0 saturated heterocycles. The Balaban J connectivity index is 4.66. The zero-order valence-electron chi connectivity index (χ0n) is 8.46. The Labute approximate surface area is 74.9 Å². The van der Waals surface area contributed by atoms with Gasteiger partial charge in [-0.1, -0.05) is 6.92 Å². The topological polar surface area (TPSA) is 41.6 Å². The molecular formula is C9H19N3. The largest absolute Gasteiger partial charge is 0.403 e. The van der Waals surface area contributed by atoms with Gasteiger partial charge in [0.2, 0.25) is 0 Å². The van der Waals surface area contributed by atoms with Crippen LogP contribution in [0.5, 0.6) is 0 Å². The van der Waals surface area contributed by atoms with E-state index in [1.807, 2.05) is 11.9 Å². The molecule has 0 aromatic heterocycles. The first-order valence-corrected chi connectivity index (χ1v) is 4.15. The lowest BCUT2D eigenvalue weighted by molar-refractivity contribution is 0.189. The molecule has 0 aromatic rings. The minimum Gasteiger partial charge on any atom is -0.403 e. The molecule has 0 aromatic carbocycles. The highest BCUT2D eigenvalue weighted by Crippen LogP contribution is 2.20. The minimum atomic E-state index is -0.0526. The Morgan fingerprint density at radius 2 is 2.08 bits per heavy atom. The van der Waals surface area contributed by atoms with Crippen LogP contribution in [-0.2, 0) is 0 Å². The van der Waals surface area contributed by atoms with Crippen LogP contribution in [0.4, 0.5) is 0 Å². The summed E-state index contributed by atoms with van der Waals surface area (Å²) < 4.78 is 0. The molecule has 12 heavy (non-hydrogen) atoms. The van der Waals surface area contributed by atoms with E-state index in [1.165, 1.54) is 0 Å². The number of nitrogens with zero attached hydrogens (tertiary/aromatic N) is 2. The van der Waals surface area contributed by atoms with Crippen molar-refractivity contribution in [1.82, 2.24) is 5.01 Å². The van der Waals surface area contributed by atoms with Crippen molar-refractivity contribution in [2.45, 2.75) is 39.7 Å². The summed E-state index contributed by atoms with van der Waals surface area (Å²) in [4.78, 5) is 0. The molecule has 0 aliphatic heterocycles. The third-order valence-electron chi connectivity index (χ3n) is 1.60. The van der Waals surface area contributed by atoms with Crippen LogP contribution in [0.15, 0.2) is 17.0 Å². The van der Waals surface area contributed by atoms with E-state index >= 15 is 0 Å². The van der Waals surface area contributed by atoms with Crippen LogP contribution in [0.3, 0.4) is 0 Å². The van der Waals surface area contributed by atoms with E-state index < -0.39 is 0 Å². The van der Waals surface area contributed by atoms with E-state index in [-0.39, 0.29) is 5.54 Å². The SMILES string of the molecule is C=NN(/C(=C\N)CC)C(C)(C)C. The Morgan fingerprint density at radius 1 is 1.58 bits per heavy atom. The monoisotopic (exact) mass is 169 g/mol. The molecule has 0 unspecified atom stereocenters. The van der Waals surface area contributed by atoms with E-state index in [9.17, 15) is 0 Å². The van der Waals surface area contributed by atoms with Gasteiger partial charge in [0, 0.05) is 12.9 Å². The fourth-order valence-corrected chi connectivity index (χ4v) is 1.07. The molecule has 0 aliphatic rings. The highest BCUT2D eigenvalue weighted by molar-refractivity contribution is 5.24. The van der Waals surface area contributed by atoms with Gasteiger partial charge in [0.25, 0.3) is 0 Å². The molecule has 3 heteroatoms. The molecular weight excluding hydrogens is 150 g/mol. The lowest BCUT2D eigenvalue weighted by atomic mass is 10.1. The summed E-state index contributed by atoms with van der Waals surface area (Å²) >= 11 is 0. The van der Waals surface area contributed by atoms with Gasteiger partial charge in [-0.3, -0.25) is 5.01 Å². The standard InChI is InChI=1S/C9H19N3/c1-6-8(7-10)12(11-5)9(2,3)4/h7H,5-6,10H2,1-4H3/b8-7-. The molecule has 0 spiro atoms. The second kappa shape index (κ2) is 4.14. The molecule has 0 radical (unpaired) electrons. The summed E-state index contributed by atoms with van der Waals surface area (Å²) in [5, 5.41) is 5.78. The summed E-state index contributed by atoms with van der Waals surface area (Å²) in [7, 11) is 0. The first-order chi connectivity index (χ1) is 5.47. The predicted molar refractivity (Wildman–Crippen MR) is 53.7 cm³/mol. The van der Waals surface area contributed by atoms with Gasteiger partial charge in [0.15, 0.2) is 0 Å². The third-order valence-corrected chi connectivity index (χ3v) is 1.60. The normalized spacial score (nSPS) is 12.8. The number of nitrogens with two attached hydrogens (primary N) is 1. The molecule has 0 heterocycles. The van der Waals surface area contributed by atoms with Crippen molar-refractivity contribution in [3.05, 3.63) is 11.9 Å². The minimum absolute atomic E-state index is 0.0526. The van der Waals surface area contributed by atoms with Crippen molar-refractivity contribution in [1.29, 1.82) is 0 Å². The van der Waals surface area contributed by atoms with Gasteiger partial charge < -0.3 is 5.73 Å². The van der Waals surface area contributed by atoms with E-state index in [0.29, 0.717) is 0 Å². The van der Waals surface area contributed by atoms with Crippen LogP contribution < -0.4 is 5.73 Å². The smallest absolute Gasteiger partial charge is 0.0547 e. The number of allylic oxidation sites excluding steroid dienone is 1. The van der Waals surface area contributed by atoms with Gasteiger partial charge in [-0.25, -0.2) is 0 Å². The maximum absolute atomic E-state index is 5.46. The van der Waals surface area contributed by atoms with Crippen molar-refractivity contribution >= 4 is 6.72 Å². The fraction of sp³-hybridized carbons (Fsp3) is 0.667. The van der Waals surface area contributed by atoms with E-state index in [4.69, 9.17) is 5.73 Å². The zero-order chi connectivity index (χ0) is 9.78. The van der Waals surface area contributed by atoms with Gasteiger partial charge in [-0.05, 0) is 27.2 Å².